The molecule has 0 radical (unpaired) electrons. The third kappa shape index (κ3) is 6.39. The highest BCUT2D eigenvalue weighted by Crippen LogP contribution is 2.31. The first-order valence-electron chi connectivity index (χ1n) is 9.75. The van der Waals surface area contributed by atoms with Gasteiger partial charge in [-0.25, -0.2) is 4.79 Å². The van der Waals surface area contributed by atoms with E-state index in [1.54, 1.807) is 31.7 Å². The van der Waals surface area contributed by atoms with Crippen molar-refractivity contribution >= 4 is 18.1 Å². The second-order valence-electron chi connectivity index (χ2n) is 7.90. The minimum absolute atomic E-state index is 0.106. The summed E-state index contributed by atoms with van der Waals surface area (Å²) in [7, 11) is 0. The Balaban J connectivity index is 1.50. The van der Waals surface area contributed by atoms with Gasteiger partial charge in [-0.05, 0) is 44.5 Å². The molecule has 158 valence electrons. The lowest BCUT2D eigenvalue weighted by Gasteiger charge is -2.32. The Hall–Kier alpha value is -2.74. The molecule has 0 aliphatic carbocycles. The number of benzene rings is 1. The van der Waals surface area contributed by atoms with Crippen molar-refractivity contribution in [3.05, 3.63) is 29.8 Å². The molecule has 2 aliphatic heterocycles. The number of alkyl carbamates (subject to hydrolysis) is 1. The topological polar surface area (TPSA) is 86.3 Å². The zero-order valence-corrected chi connectivity index (χ0v) is 17.1. The second kappa shape index (κ2) is 9.17. The van der Waals surface area contributed by atoms with Gasteiger partial charge in [0.1, 0.15) is 18.8 Å². The Morgan fingerprint density at radius 2 is 1.97 bits per heavy atom. The molecule has 3 rings (SSSR count). The number of rotatable bonds is 4. The van der Waals surface area contributed by atoms with Gasteiger partial charge in [0, 0.05) is 25.7 Å². The molecule has 2 amide bonds. The Labute approximate surface area is 170 Å². The monoisotopic (exact) mass is 404 g/mol. The molecule has 1 fully saturated rings. The number of nitrogens with zero attached hydrogens (tertiary/aromatic N) is 1. The molecule has 1 unspecified atom stereocenters. The van der Waals surface area contributed by atoms with Crippen LogP contribution >= 0.6 is 0 Å². The van der Waals surface area contributed by atoms with Crippen LogP contribution < -0.4 is 14.8 Å². The molecule has 29 heavy (non-hydrogen) atoms. The molecule has 2 aliphatic rings. The van der Waals surface area contributed by atoms with Crippen LogP contribution in [0.4, 0.5) is 4.79 Å². The van der Waals surface area contributed by atoms with Gasteiger partial charge in [0.25, 0.3) is 0 Å². The zero-order valence-electron chi connectivity index (χ0n) is 17.1. The molecule has 1 atom stereocenters. The summed E-state index contributed by atoms with van der Waals surface area (Å²) in [6.45, 7) is 8.09. The van der Waals surface area contributed by atoms with Crippen molar-refractivity contribution in [1.29, 1.82) is 0 Å². The van der Waals surface area contributed by atoms with Gasteiger partial charge in [-0.1, -0.05) is 6.07 Å². The smallest absolute Gasteiger partial charge is 0.407 e. The van der Waals surface area contributed by atoms with E-state index in [0.29, 0.717) is 44.4 Å². The van der Waals surface area contributed by atoms with E-state index in [2.05, 4.69) is 5.32 Å². The number of ether oxygens (including phenoxy) is 4. The third-order valence-electron chi connectivity index (χ3n) is 4.31. The lowest BCUT2D eigenvalue weighted by Crippen LogP contribution is -2.49. The normalized spacial score (nSPS) is 19.1. The van der Waals surface area contributed by atoms with Gasteiger partial charge in [0.2, 0.25) is 5.91 Å². The van der Waals surface area contributed by atoms with Crippen LogP contribution in [0.2, 0.25) is 0 Å². The van der Waals surface area contributed by atoms with E-state index < -0.39 is 11.7 Å². The van der Waals surface area contributed by atoms with Crippen molar-refractivity contribution in [2.45, 2.75) is 32.5 Å². The molecule has 2 heterocycles. The Kier molecular flexibility index (Phi) is 6.64. The molecular formula is C21H28N2O6. The number of morpholine rings is 1. The van der Waals surface area contributed by atoms with E-state index in [1.165, 1.54) is 6.08 Å². The van der Waals surface area contributed by atoms with E-state index >= 15 is 0 Å². The Morgan fingerprint density at radius 1 is 1.21 bits per heavy atom. The van der Waals surface area contributed by atoms with Crippen molar-refractivity contribution in [2.75, 3.05) is 39.5 Å². The fourth-order valence-corrected chi connectivity index (χ4v) is 2.99. The average Bonchev–Trinajstić information content (AvgIpc) is 2.69. The number of carbonyl (C=O) groups is 2. The summed E-state index contributed by atoms with van der Waals surface area (Å²) in [5.41, 5.74) is 0.303. The maximum absolute atomic E-state index is 12.5. The predicted molar refractivity (Wildman–Crippen MR) is 107 cm³/mol. The number of carbonyl (C=O) groups excluding carboxylic acids is 2. The molecule has 1 saturated heterocycles. The van der Waals surface area contributed by atoms with E-state index in [4.69, 9.17) is 18.9 Å². The number of fused-ring (bicyclic) bond motifs is 1. The molecule has 1 aromatic carbocycles. The van der Waals surface area contributed by atoms with Gasteiger partial charge in [-0.15, -0.1) is 0 Å². The lowest BCUT2D eigenvalue weighted by molar-refractivity contribution is -0.133. The zero-order chi connectivity index (χ0) is 20.9. The summed E-state index contributed by atoms with van der Waals surface area (Å²) >= 11 is 0. The van der Waals surface area contributed by atoms with E-state index in [-0.39, 0.29) is 18.6 Å². The lowest BCUT2D eigenvalue weighted by atomic mass is 10.1. The maximum Gasteiger partial charge on any atom is 0.407 e. The van der Waals surface area contributed by atoms with Crippen LogP contribution in [-0.2, 0) is 14.3 Å². The second-order valence-corrected chi connectivity index (χ2v) is 7.90. The van der Waals surface area contributed by atoms with Crippen LogP contribution in [0.25, 0.3) is 6.08 Å². The minimum atomic E-state index is -0.557. The summed E-state index contributed by atoms with van der Waals surface area (Å²) in [6.07, 6.45) is 2.52. The first-order valence-corrected chi connectivity index (χ1v) is 9.75. The van der Waals surface area contributed by atoms with E-state index in [1.807, 2.05) is 18.2 Å². The number of hydrogen-bond acceptors (Lipinski definition) is 6. The average molecular weight is 404 g/mol. The summed E-state index contributed by atoms with van der Waals surface area (Å²) in [5, 5.41) is 2.69. The summed E-state index contributed by atoms with van der Waals surface area (Å²) < 4.78 is 21.9. The molecule has 0 saturated carbocycles. The van der Waals surface area contributed by atoms with Gasteiger partial charge in [0.15, 0.2) is 11.5 Å². The van der Waals surface area contributed by atoms with Crippen molar-refractivity contribution in [2.24, 2.45) is 0 Å². The highest BCUT2D eigenvalue weighted by atomic mass is 16.6. The fraction of sp³-hybridized carbons (Fsp3) is 0.524. The highest BCUT2D eigenvalue weighted by molar-refractivity contribution is 5.92. The molecule has 0 spiro atoms. The first kappa shape index (κ1) is 21.0. The van der Waals surface area contributed by atoms with Gasteiger partial charge in [0.05, 0.1) is 12.7 Å². The SMILES string of the molecule is CC(C)(C)OC(=O)NCC1CN(C(=O)C=Cc2ccc3c(c2)OCCO3)CCO1. The molecule has 0 aromatic heterocycles. The molecular weight excluding hydrogens is 376 g/mol. The number of nitrogens with one attached hydrogen (secondary N) is 1. The molecule has 0 bridgehead atoms. The van der Waals surface area contributed by atoms with Crippen molar-refractivity contribution in [1.82, 2.24) is 10.2 Å². The predicted octanol–water partition coefficient (Wildman–Crippen LogP) is 2.22. The van der Waals surface area contributed by atoms with Crippen molar-refractivity contribution in [3.8, 4) is 11.5 Å². The minimum Gasteiger partial charge on any atom is -0.486 e. The number of amides is 2. The van der Waals surface area contributed by atoms with Crippen LogP contribution in [0.15, 0.2) is 24.3 Å². The molecule has 8 heteroatoms. The fourth-order valence-electron chi connectivity index (χ4n) is 2.99. The largest absolute Gasteiger partial charge is 0.486 e. The van der Waals surface area contributed by atoms with Crippen LogP contribution in [0, 0.1) is 0 Å². The van der Waals surface area contributed by atoms with Gasteiger partial charge in [-0.3, -0.25) is 4.79 Å². The van der Waals surface area contributed by atoms with Crippen molar-refractivity contribution in [3.63, 3.8) is 0 Å². The summed E-state index contributed by atoms with van der Waals surface area (Å²) in [6, 6.07) is 5.57. The highest BCUT2D eigenvalue weighted by Gasteiger charge is 2.24. The third-order valence-corrected chi connectivity index (χ3v) is 4.31. The van der Waals surface area contributed by atoms with E-state index in [9.17, 15) is 9.59 Å². The Bertz CT molecular complexity index is 771. The van der Waals surface area contributed by atoms with Gasteiger partial charge >= 0.3 is 6.09 Å². The molecule has 8 nitrogen and oxygen atoms in total. The standard InChI is InChI=1S/C21H28N2O6/c1-21(2,3)29-20(25)22-13-16-14-23(8-9-26-16)19(24)7-5-15-4-6-17-18(12-15)28-11-10-27-17/h4-7,12,16H,8-11,13-14H2,1-3H3,(H,22,25). The van der Waals surface area contributed by atoms with Crippen LogP contribution in [0.3, 0.4) is 0 Å². The number of hydrogen-bond donors (Lipinski definition) is 1. The molecule has 1 N–H and O–H groups in total. The first-order chi connectivity index (χ1) is 13.8. The van der Waals surface area contributed by atoms with Gasteiger partial charge < -0.3 is 29.2 Å². The summed E-state index contributed by atoms with van der Waals surface area (Å²) in [5.74, 6) is 1.30. The Morgan fingerprint density at radius 3 is 2.72 bits per heavy atom. The quantitative estimate of drug-likeness (QED) is 0.775. The van der Waals surface area contributed by atoms with Crippen LogP contribution in [0.5, 0.6) is 11.5 Å². The van der Waals surface area contributed by atoms with Crippen molar-refractivity contribution < 1.29 is 28.5 Å². The summed E-state index contributed by atoms with van der Waals surface area (Å²) in [4.78, 5) is 26.0. The van der Waals surface area contributed by atoms with Crippen LogP contribution in [-0.4, -0.2) is 68.1 Å². The maximum atomic E-state index is 12.5. The molecule has 1 aromatic rings. The van der Waals surface area contributed by atoms with Gasteiger partial charge in [-0.2, -0.15) is 0 Å². The van der Waals surface area contributed by atoms with E-state index in [0.717, 1.165) is 5.56 Å². The van der Waals surface area contributed by atoms with Crippen LogP contribution in [0.1, 0.15) is 26.3 Å².